The van der Waals surface area contributed by atoms with Gasteiger partial charge in [0.15, 0.2) is 0 Å². The maximum absolute atomic E-state index is 13.3. The smallest absolute Gasteiger partial charge is 0.378 e. The van der Waals surface area contributed by atoms with Gasteiger partial charge >= 0.3 is 12.4 Å². The maximum atomic E-state index is 13.3. The molecule has 3 fully saturated rings. The molecule has 1 amide bonds. The zero-order valence-corrected chi connectivity index (χ0v) is 26.5. The molecule has 0 atom stereocenters. The van der Waals surface area contributed by atoms with Gasteiger partial charge in [0.05, 0.1) is 40.5 Å². The van der Waals surface area contributed by atoms with Crippen LogP contribution in [0, 0.1) is 10.1 Å². The molecule has 6 rings (SSSR count). The quantitative estimate of drug-likeness (QED) is 0.212. The Morgan fingerprint density at radius 1 is 0.673 bits per heavy atom. The van der Waals surface area contributed by atoms with E-state index in [9.17, 15) is 41.3 Å². The van der Waals surface area contributed by atoms with Crippen molar-refractivity contribution in [3.05, 3.63) is 93.5 Å². The summed E-state index contributed by atoms with van der Waals surface area (Å²) in [4.78, 5) is 31.7. The molecular formula is C33H36F6N6O4. The summed E-state index contributed by atoms with van der Waals surface area (Å²) in [6.45, 7) is 7.21. The fourth-order valence-electron chi connectivity index (χ4n) is 5.87. The number of rotatable bonds is 5. The van der Waals surface area contributed by atoms with Crippen molar-refractivity contribution in [1.29, 1.82) is 0 Å². The van der Waals surface area contributed by atoms with Crippen molar-refractivity contribution in [2.75, 3.05) is 93.4 Å². The Hall–Kier alpha value is -4.57. The number of anilines is 3. The predicted octanol–water partition coefficient (Wildman–Crippen LogP) is 5.53. The average molecular weight is 695 g/mol. The highest BCUT2D eigenvalue weighted by molar-refractivity contribution is 6.00. The van der Waals surface area contributed by atoms with Gasteiger partial charge in [-0.2, -0.15) is 26.3 Å². The third-order valence-electron chi connectivity index (χ3n) is 8.58. The minimum Gasteiger partial charge on any atom is -0.378 e. The second kappa shape index (κ2) is 15.3. The minimum absolute atomic E-state index is 0.154. The van der Waals surface area contributed by atoms with Crippen LogP contribution >= 0.6 is 0 Å². The fourth-order valence-corrected chi connectivity index (χ4v) is 5.87. The number of morpholine rings is 1. The lowest BCUT2D eigenvalue weighted by atomic mass is 10.1. The molecule has 3 aromatic carbocycles. The maximum Gasteiger partial charge on any atom is 0.416 e. The number of carbonyl (C=O) groups is 1. The lowest BCUT2D eigenvalue weighted by molar-refractivity contribution is -0.384. The Labute approximate surface area is 279 Å². The first-order chi connectivity index (χ1) is 23.3. The monoisotopic (exact) mass is 694 g/mol. The van der Waals surface area contributed by atoms with Crippen LogP contribution in [0.1, 0.15) is 21.5 Å². The van der Waals surface area contributed by atoms with E-state index in [1.165, 1.54) is 36.4 Å². The largest absolute Gasteiger partial charge is 0.416 e. The van der Waals surface area contributed by atoms with Crippen LogP contribution in [0.3, 0.4) is 0 Å². The predicted molar refractivity (Wildman–Crippen MR) is 172 cm³/mol. The molecule has 264 valence electrons. The molecular weight excluding hydrogens is 658 g/mol. The molecule has 0 radical (unpaired) electrons. The molecule has 1 N–H and O–H groups in total. The molecule has 0 bridgehead atoms. The Kier molecular flexibility index (Phi) is 11.2. The average Bonchev–Trinajstić information content (AvgIpc) is 3.11. The number of hydrogen-bond donors (Lipinski definition) is 1. The first kappa shape index (κ1) is 35.7. The van der Waals surface area contributed by atoms with E-state index in [-0.39, 0.29) is 17.2 Å². The van der Waals surface area contributed by atoms with Crippen molar-refractivity contribution >= 4 is 28.7 Å². The number of benzene rings is 3. The number of amides is 1. The van der Waals surface area contributed by atoms with Gasteiger partial charge in [0, 0.05) is 89.0 Å². The molecule has 49 heavy (non-hydrogen) atoms. The normalized spacial score (nSPS) is 17.3. The Balaban J connectivity index is 0.000000244. The lowest BCUT2D eigenvalue weighted by Crippen LogP contribution is -2.49. The Bertz CT molecular complexity index is 1570. The summed E-state index contributed by atoms with van der Waals surface area (Å²) in [5.74, 6) is -0.299. The van der Waals surface area contributed by atoms with E-state index in [0.717, 1.165) is 56.1 Å². The van der Waals surface area contributed by atoms with Gasteiger partial charge in [-0.1, -0.05) is 0 Å². The molecule has 0 unspecified atom stereocenters. The summed E-state index contributed by atoms with van der Waals surface area (Å²) in [6.07, 6.45) is -8.64. The van der Waals surface area contributed by atoms with Gasteiger partial charge in [-0.05, 0) is 54.6 Å². The van der Waals surface area contributed by atoms with Crippen LogP contribution in [-0.4, -0.2) is 94.4 Å². The highest BCUT2D eigenvalue weighted by Crippen LogP contribution is 2.32. The number of halogens is 6. The standard InChI is InChI=1S/C22H23F3N4O4.C11H13F3N2/c23-22(24,25)16-1-3-17(4-2-16)26-7-9-28(10-8-26)21(30)19-15-18(29(31)32)5-6-20(19)27-11-13-33-14-12-27;12-11(13,14)9-1-3-10(4-2-9)16-7-5-15-6-8-16/h1-6,15H,7-14H2;1-4,15H,5-8H2. The molecule has 0 saturated carbocycles. The van der Waals surface area contributed by atoms with Crippen molar-refractivity contribution in [3.8, 4) is 0 Å². The minimum atomic E-state index is -4.39. The summed E-state index contributed by atoms with van der Waals surface area (Å²) in [7, 11) is 0. The van der Waals surface area contributed by atoms with Crippen molar-refractivity contribution in [1.82, 2.24) is 10.2 Å². The van der Waals surface area contributed by atoms with E-state index in [4.69, 9.17) is 4.74 Å². The molecule has 0 aliphatic carbocycles. The number of nitro groups is 1. The van der Waals surface area contributed by atoms with Gasteiger partial charge in [-0.15, -0.1) is 0 Å². The van der Waals surface area contributed by atoms with Gasteiger partial charge in [-0.25, -0.2) is 0 Å². The number of nitro benzene ring substituents is 1. The second-order valence-corrected chi connectivity index (χ2v) is 11.7. The number of nitrogens with one attached hydrogen (secondary N) is 1. The first-order valence-corrected chi connectivity index (χ1v) is 15.8. The molecule has 10 nitrogen and oxygen atoms in total. The molecule has 3 saturated heterocycles. The molecule has 0 aromatic heterocycles. The summed E-state index contributed by atoms with van der Waals surface area (Å²) < 4.78 is 80.8. The van der Waals surface area contributed by atoms with E-state index in [1.807, 2.05) is 9.80 Å². The third kappa shape index (κ3) is 9.12. The van der Waals surface area contributed by atoms with Crippen molar-refractivity contribution in [3.63, 3.8) is 0 Å². The van der Waals surface area contributed by atoms with Crippen LogP contribution < -0.4 is 20.0 Å². The van der Waals surface area contributed by atoms with Crippen molar-refractivity contribution in [2.45, 2.75) is 12.4 Å². The van der Waals surface area contributed by atoms with Crippen molar-refractivity contribution < 1.29 is 40.8 Å². The zero-order chi connectivity index (χ0) is 35.2. The molecule has 3 heterocycles. The van der Waals surface area contributed by atoms with Crippen LogP contribution in [-0.2, 0) is 17.1 Å². The van der Waals surface area contributed by atoms with E-state index in [1.54, 1.807) is 11.0 Å². The summed E-state index contributed by atoms with van der Waals surface area (Å²) >= 11 is 0. The van der Waals surface area contributed by atoms with Crippen LogP contribution in [0.2, 0.25) is 0 Å². The number of ether oxygens (including phenoxy) is 1. The zero-order valence-electron chi connectivity index (χ0n) is 26.5. The number of carbonyl (C=O) groups excluding carboxylic acids is 1. The number of nitrogens with zero attached hydrogens (tertiary/aromatic N) is 5. The first-order valence-electron chi connectivity index (χ1n) is 15.8. The third-order valence-corrected chi connectivity index (χ3v) is 8.58. The summed E-state index contributed by atoms with van der Waals surface area (Å²) in [6, 6.07) is 14.6. The van der Waals surface area contributed by atoms with E-state index < -0.39 is 28.4 Å². The Morgan fingerprint density at radius 3 is 1.63 bits per heavy atom. The number of non-ortho nitro benzene ring substituents is 1. The number of piperazine rings is 2. The number of alkyl halides is 6. The van der Waals surface area contributed by atoms with E-state index in [0.29, 0.717) is 63.9 Å². The van der Waals surface area contributed by atoms with Gasteiger partial charge in [0.1, 0.15) is 0 Å². The molecule has 3 aromatic rings. The second-order valence-electron chi connectivity index (χ2n) is 11.7. The van der Waals surface area contributed by atoms with Crippen LogP contribution in [0.25, 0.3) is 0 Å². The van der Waals surface area contributed by atoms with Gasteiger partial charge in [0.25, 0.3) is 11.6 Å². The van der Waals surface area contributed by atoms with E-state index in [2.05, 4.69) is 10.2 Å². The summed E-state index contributed by atoms with van der Waals surface area (Å²) in [5.41, 5.74) is 0.966. The van der Waals surface area contributed by atoms with Crippen LogP contribution in [0.5, 0.6) is 0 Å². The SMILES string of the molecule is FC(F)(F)c1ccc(N2CCNCC2)cc1.O=C(c1cc([N+](=O)[O-])ccc1N1CCOCC1)N1CCN(c2ccc(C(F)(F)F)cc2)CC1. The molecule has 16 heteroatoms. The number of hydrogen-bond acceptors (Lipinski definition) is 8. The van der Waals surface area contributed by atoms with Gasteiger partial charge in [-0.3, -0.25) is 14.9 Å². The highest BCUT2D eigenvalue weighted by Gasteiger charge is 2.32. The lowest BCUT2D eigenvalue weighted by Gasteiger charge is -2.37. The van der Waals surface area contributed by atoms with Crippen LogP contribution in [0.4, 0.5) is 49.1 Å². The van der Waals surface area contributed by atoms with Crippen LogP contribution in [0.15, 0.2) is 66.7 Å². The van der Waals surface area contributed by atoms with E-state index >= 15 is 0 Å². The highest BCUT2D eigenvalue weighted by atomic mass is 19.4. The van der Waals surface area contributed by atoms with Gasteiger partial charge in [0.2, 0.25) is 0 Å². The molecule has 3 aliphatic rings. The topological polar surface area (TPSA) is 94.4 Å². The Morgan fingerprint density at radius 2 is 1.16 bits per heavy atom. The van der Waals surface area contributed by atoms with Gasteiger partial charge < -0.3 is 29.7 Å². The summed E-state index contributed by atoms with van der Waals surface area (Å²) in [5, 5.41) is 14.5. The van der Waals surface area contributed by atoms with Crippen molar-refractivity contribution in [2.24, 2.45) is 0 Å². The molecule has 0 spiro atoms. The fraction of sp³-hybridized carbons (Fsp3) is 0.424. The molecule has 3 aliphatic heterocycles.